The summed E-state index contributed by atoms with van der Waals surface area (Å²) in [5.74, 6) is 3.03. The lowest BCUT2D eigenvalue weighted by Crippen LogP contribution is -2.28. The molecule has 0 spiro atoms. The Kier molecular flexibility index (Phi) is 2.78. The summed E-state index contributed by atoms with van der Waals surface area (Å²) >= 11 is 0. The van der Waals surface area contributed by atoms with Crippen molar-refractivity contribution >= 4 is 16.7 Å². The Morgan fingerprint density at radius 2 is 1.76 bits per heavy atom. The van der Waals surface area contributed by atoms with Crippen LogP contribution in [0.5, 0.6) is 0 Å². The number of carbonyl (C=O) groups is 1. The summed E-state index contributed by atoms with van der Waals surface area (Å²) in [6.07, 6.45) is 3.68. The summed E-state index contributed by atoms with van der Waals surface area (Å²) in [6, 6.07) is 4.36. The molecule has 0 saturated carbocycles. The number of aryl methyl sites for hydroxylation is 2. The minimum Gasteiger partial charge on any atom is -0.288 e. The van der Waals surface area contributed by atoms with Gasteiger partial charge in [0.15, 0.2) is 5.25 Å². The fourth-order valence-electron chi connectivity index (χ4n) is 2.97. The van der Waals surface area contributed by atoms with Gasteiger partial charge in [-0.2, -0.15) is 0 Å². The molecule has 1 nitrogen and oxygen atoms in total. The summed E-state index contributed by atoms with van der Waals surface area (Å²) in [7, 11) is 0.378. The number of ketones is 1. The molecule has 1 fully saturated rings. The second-order valence-electron chi connectivity index (χ2n) is 5.30. The number of carbonyl (C=O) groups excluding carboxylic acids is 1. The second kappa shape index (κ2) is 4.16. The molecule has 1 aromatic carbocycles. The van der Waals surface area contributed by atoms with Crippen LogP contribution in [0.3, 0.4) is 0 Å². The van der Waals surface area contributed by atoms with E-state index in [1.165, 1.54) is 41.0 Å². The molecule has 3 rings (SSSR count). The highest BCUT2D eigenvalue weighted by molar-refractivity contribution is 7.98. The Balaban J connectivity index is 1.94. The predicted molar refractivity (Wildman–Crippen MR) is 74.1 cm³/mol. The molecule has 1 aromatic rings. The third kappa shape index (κ3) is 1.83. The summed E-state index contributed by atoms with van der Waals surface area (Å²) in [6.45, 7) is 4.25. The topological polar surface area (TPSA) is 17.1 Å². The van der Waals surface area contributed by atoms with Gasteiger partial charge in [0.2, 0.25) is 5.78 Å². The van der Waals surface area contributed by atoms with Gasteiger partial charge >= 0.3 is 0 Å². The highest BCUT2D eigenvalue weighted by Crippen LogP contribution is 2.32. The van der Waals surface area contributed by atoms with Crippen molar-refractivity contribution in [3.8, 4) is 0 Å². The van der Waals surface area contributed by atoms with Gasteiger partial charge in [-0.25, -0.2) is 0 Å². The van der Waals surface area contributed by atoms with Crippen LogP contribution >= 0.6 is 0 Å². The third-order valence-electron chi connectivity index (χ3n) is 4.15. The van der Waals surface area contributed by atoms with Gasteiger partial charge in [-0.15, -0.1) is 0 Å². The first-order chi connectivity index (χ1) is 8.16. The van der Waals surface area contributed by atoms with Crippen molar-refractivity contribution in [1.82, 2.24) is 0 Å². The molecule has 1 saturated heterocycles. The Bertz CT molecular complexity index is 472. The molecule has 0 N–H and O–H groups in total. The maximum Gasteiger partial charge on any atom is 0.215 e. The summed E-state index contributed by atoms with van der Waals surface area (Å²) in [5.41, 5.74) is 4.92. The number of hydrogen-bond donors (Lipinski definition) is 0. The second-order valence-corrected chi connectivity index (χ2v) is 7.76. The molecule has 0 aromatic heterocycles. The maximum atomic E-state index is 12.5. The van der Waals surface area contributed by atoms with Crippen molar-refractivity contribution in [2.75, 3.05) is 11.5 Å². The van der Waals surface area contributed by atoms with E-state index in [-0.39, 0.29) is 0 Å². The largest absolute Gasteiger partial charge is 0.288 e. The molecule has 2 heteroatoms. The van der Waals surface area contributed by atoms with E-state index in [1.54, 1.807) is 0 Å². The van der Waals surface area contributed by atoms with E-state index in [4.69, 9.17) is 0 Å². The zero-order valence-corrected chi connectivity index (χ0v) is 11.4. The smallest absolute Gasteiger partial charge is 0.215 e. The van der Waals surface area contributed by atoms with Crippen molar-refractivity contribution in [3.05, 3.63) is 34.4 Å². The molecule has 90 valence electrons. The van der Waals surface area contributed by atoms with Gasteiger partial charge in [-0.3, -0.25) is 4.79 Å². The normalized spacial score (nSPS) is 24.4. The van der Waals surface area contributed by atoms with E-state index in [0.29, 0.717) is 21.9 Å². The van der Waals surface area contributed by atoms with Crippen LogP contribution < -0.4 is 0 Å². The molecule has 1 aliphatic heterocycles. The Morgan fingerprint density at radius 1 is 1.12 bits per heavy atom. The third-order valence-corrected chi connectivity index (χ3v) is 6.96. The summed E-state index contributed by atoms with van der Waals surface area (Å²) in [4.78, 5) is 12.5. The molecule has 1 aliphatic carbocycles. The van der Waals surface area contributed by atoms with Crippen molar-refractivity contribution in [2.45, 2.75) is 38.4 Å². The number of fused-ring (bicyclic) bond motifs is 1. The highest BCUT2D eigenvalue weighted by Gasteiger charge is 2.44. The Labute approximate surface area is 106 Å². The van der Waals surface area contributed by atoms with Crippen molar-refractivity contribution < 1.29 is 4.79 Å². The van der Waals surface area contributed by atoms with Crippen molar-refractivity contribution in [2.24, 2.45) is 0 Å². The van der Waals surface area contributed by atoms with Gasteiger partial charge in [-0.1, -0.05) is 6.07 Å². The highest BCUT2D eigenvalue weighted by atomic mass is 32.2. The van der Waals surface area contributed by atoms with E-state index in [0.717, 1.165) is 12.0 Å². The van der Waals surface area contributed by atoms with Crippen LogP contribution in [-0.4, -0.2) is 22.5 Å². The molecule has 1 atom stereocenters. The zero-order valence-electron chi connectivity index (χ0n) is 10.6. The molecular formula is C15H19OS+. The molecule has 2 aliphatic rings. The van der Waals surface area contributed by atoms with E-state index < -0.39 is 0 Å². The molecule has 0 bridgehead atoms. The fraction of sp³-hybridized carbons (Fsp3) is 0.533. The average Bonchev–Trinajstić information content (AvgIpc) is 2.90. The quantitative estimate of drug-likeness (QED) is 0.697. The number of benzene rings is 1. The van der Waals surface area contributed by atoms with Crippen LogP contribution in [0.1, 0.15) is 39.9 Å². The molecule has 17 heavy (non-hydrogen) atoms. The van der Waals surface area contributed by atoms with Gasteiger partial charge in [0, 0.05) is 12.0 Å². The van der Waals surface area contributed by atoms with Gasteiger partial charge in [0.05, 0.1) is 0 Å². The first-order valence-corrected chi connectivity index (χ1v) is 8.10. The van der Waals surface area contributed by atoms with Gasteiger partial charge < -0.3 is 0 Å². The van der Waals surface area contributed by atoms with Crippen molar-refractivity contribution in [1.29, 1.82) is 0 Å². The lowest BCUT2D eigenvalue weighted by Gasteiger charge is -2.06. The molecule has 0 amide bonds. The minimum absolute atomic E-state index is 0.327. The molecular weight excluding hydrogens is 228 g/mol. The van der Waals surface area contributed by atoms with Gasteiger partial charge in [-0.05, 0) is 60.3 Å². The van der Waals surface area contributed by atoms with E-state index >= 15 is 0 Å². The lowest BCUT2D eigenvalue weighted by molar-refractivity contribution is 0.0999. The summed E-state index contributed by atoms with van der Waals surface area (Å²) in [5, 5.41) is 0.327. The first-order valence-electron chi connectivity index (χ1n) is 6.47. The number of hydrogen-bond acceptors (Lipinski definition) is 1. The van der Waals surface area contributed by atoms with Gasteiger partial charge in [0.25, 0.3) is 0 Å². The average molecular weight is 247 g/mol. The lowest BCUT2D eigenvalue weighted by atomic mass is 10.0. The molecule has 0 radical (unpaired) electrons. The van der Waals surface area contributed by atoms with Crippen LogP contribution in [0.4, 0.5) is 0 Å². The van der Waals surface area contributed by atoms with Crippen LogP contribution in [0, 0.1) is 13.8 Å². The summed E-state index contributed by atoms with van der Waals surface area (Å²) < 4.78 is 0. The van der Waals surface area contributed by atoms with E-state index in [9.17, 15) is 4.79 Å². The van der Waals surface area contributed by atoms with Crippen LogP contribution in [0.25, 0.3) is 0 Å². The SMILES string of the molecule is Cc1cc2c(cc1C)C(=O)C([S+]1CCCC1)C2. The standard InChI is InChI=1S/C15H19OS/c1-10-7-12-9-14(17-5-3-4-6-17)15(16)13(12)8-11(10)2/h7-8,14H,3-6,9H2,1-2H3/q+1. The van der Waals surface area contributed by atoms with Gasteiger partial charge in [0.1, 0.15) is 11.5 Å². The van der Waals surface area contributed by atoms with Crippen LogP contribution in [0.15, 0.2) is 12.1 Å². The molecule has 1 unspecified atom stereocenters. The Hall–Kier alpha value is -0.760. The Morgan fingerprint density at radius 3 is 2.47 bits per heavy atom. The van der Waals surface area contributed by atoms with Crippen LogP contribution in [-0.2, 0) is 17.3 Å². The number of Topliss-reactive ketones (excluding diaryl/α,β-unsaturated/α-hetero) is 1. The maximum absolute atomic E-state index is 12.5. The van der Waals surface area contributed by atoms with Crippen LogP contribution in [0.2, 0.25) is 0 Å². The molecule has 1 heterocycles. The fourth-order valence-corrected chi connectivity index (χ4v) is 5.74. The monoisotopic (exact) mass is 247 g/mol. The zero-order chi connectivity index (χ0) is 12.0. The van der Waals surface area contributed by atoms with E-state index in [2.05, 4.69) is 26.0 Å². The predicted octanol–water partition coefficient (Wildman–Crippen LogP) is 2.82. The van der Waals surface area contributed by atoms with E-state index in [1.807, 2.05) is 0 Å². The minimum atomic E-state index is 0.327. The first kappa shape index (κ1) is 11.3. The van der Waals surface area contributed by atoms with Crippen molar-refractivity contribution in [3.63, 3.8) is 0 Å². The number of rotatable bonds is 1.